The summed E-state index contributed by atoms with van der Waals surface area (Å²) in [5.74, 6) is 0.924. The molecule has 148 valence electrons. The molecule has 0 fully saturated rings. The van der Waals surface area contributed by atoms with Crippen LogP contribution in [0.2, 0.25) is 0 Å². The standard InChI is InChI=1S/C23H18N4O3/c1-13(28)18-14(2)30-23-20(19(18)15-8-4-3-5-9-15)22-25-21(26-27(22)12-24-23)16-10-6-7-11-17(16)29/h3-12,19,29H,1-2H3/t19-/m1/s1. The second-order valence-electron chi connectivity index (χ2n) is 7.16. The molecule has 7 heteroatoms. The van der Waals surface area contributed by atoms with Crippen molar-refractivity contribution in [2.24, 2.45) is 0 Å². The first kappa shape index (κ1) is 18.1. The number of benzene rings is 2. The van der Waals surface area contributed by atoms with E-state index in [-0.39, 0.29) is 17.5 Å². The van der Waals surface area contributed by atoms with Crippen molar-refractivity contribution < 1.29 is 14.6 Å². The lowest BCUT2D eigenvalue weighted by Crippen LogP contribution is -2.22. The number of carbonyl (C=O) groups is 1. The van der Waals surface area contributed by atoms with E-state index >= 15 is 0 Å². The van der Waals surface area contributed by atoms with E-state index in [2.05, 4.69) is 15.1 Å². The van der Waals surface area contributed by atoms with Gasteiger partial charge in [0.25, 0.3) is 0 Å². The van der Waals surface area contributed by atoms with Crippen LogP contribution < -0.4 is 4.74 Å². The van der Waals surface area contributed by atoms with Gasteiger partial charge in [0.05, 0.1) is 11.1 Å². The van der Waals surface area contributed by atoms with Crippen LogP contribution in [0.3, 0.4) is 0 Å². The van der Waals surface area contributed by atoms with Gasteiger partial charge in [-0.05, 0) is 31.5 Å². The second kappa shape index (κ2) is 6.81. The van der Waals surface area contributed by atoms with Crippen LogP contribution >= 0.6 is 0 Å². The van der Waals surface area contributed by atoms with Crippen LogP contribution in [0.4, 0.5) is 0 Å². The van der Waals surface area contributed by atoms with Gasteiger partial charge >= 0.3 is 0 Å². The first-order chi connectivity index (χ1) is 14.5. The molecule has 4 aromatic rings. The van der Waals surface area contributed by atoms with Gasteiger partial charge in [0, 0.05) is 11.5 Å². The first-order valence-electron chi connectivity index (χ1n) is 9.52. The normalized spacial score (nSPS) is 15.7. The van der Waals surface area contributed by atoms with Crippen molar-refractivity contribution in [3.05, 3.63) is 83.4 Å². The maximum absolute atomic E-state index is 12.6. The van der Waals surface area contributed by atoms with E-state index in [0.717, 1.165) is 5.56 Å². The fourth-order valence-corrected chi connectivity index (χ4v) is 3.95. The Balaban J connectivity index is 1.79. The Bertz CT molecular complexity index is 1330. The summed E-state index contributed by atoms with van der Waals surface area (Å²) in [7, 11) is 0. The van der Waals surface area contributed by atoms with Gasteiger partial charge in [0.15, 0.2) is 17.3 Å². The van der Waals surface area contributed by atoms with E-state index in [9.17, 15) is 9.90 Å². The molecule has 1 N–H and O–H groups in total. The molecule has 1 aliphatic rings. The molecule has 1 aliphatic heterocycles. The molecule has 0 bridgehead atoms. The maximum atomic E-state index is 12.6. The van der Waals surface area contributed by atoms with Crippen LogP contribution in [0.5, 0.6) is 11.6 Å². The lowest BCUT2D eigenvalue weighted by molar-refractivity contribution is -0.114. The predicted molar refractivity (Wildman–Crippen MR) is 110 cm³/mol. The van der Waals surface area contributed by atoms with Crippen molar-refractivity contribution in [1.82, 2.24) is 19.6 Å². The molecular formula is C23H18N4O3. The first-order valence-corrected chi connectivity index (χ1v) is 9.52. The maximum Gasteiger partial charge on any atom is 0.228 e. The average Bonchev–Trinajstić information content (AvgIpc) is 3.17. The average molecular weight is 398 g/mol. The molecular weight excluding hydrogens is 380 g/mol. The number of carbonyl (C=O) groups excluding carboxylic acids is 1. The van der Waals surface area contributed by atoms with Gasteiger partial charge in [-0.2, -0.15) is 0 Å². The molecule has 0 saturated carbocycles. The minimum absolute atomic E-state index is 0.0746. The molecule has 0 spiro atoms. The van der Waals surface area contributed by atoms with Crippen LogP contribution in [0.1, 0.15) is 30.9 Å². The molecule has 2 aromatic carbocycles. The number of phenols is 1. The quantitative estimate of drug-likeness (QED) is 0.563. The van der Waals surface area contributed by atoms with E-state index in [1.807, 2.05) is 36.4 Å². The summed E-state index contributed by atoms with van der Waals surface area (Å²) in [6.45, 7) is 3.31. The summed E-state index contributed by atoms with van der Waals surface area (Å²) < 4.78 is 7.48. The zero-order chi connectivity index (χ0) is 20.8. The van der Waals surface area contributed by atoms with E-state index in [1.54, 1.807) is 29.6 Å². The number of nitrogens with zero attached hydrogens (tertiary/aromatic N) is 4. The second-order valence-corrected chi connectivity index (χ2v) is 7.16. The number of ether oxygens (including phenoxy) is 1. The largest absolute Gasteiger partial charge is 0.507 e. The SMILES string of the molecule is CC(=O)C1=C(C)Oc2ncn3nc(-c4ccccc4O)nc3c2[C@@H]1c1ccccc1. The highest BCUT2D eigenvalue weighted by Gasteiger charge is 2.35. The lowest BCUT2D eigenvalue weighted by Gasteiger charge is -2.28. The minimum Gasteiger partial charge on any atom is -0.507 e. The summed E-state index contributed by atoms with van der Waals surface area (Å²) in [5.41, 5.74) is 3.22. The predicted octanol–water partition coefficient (Wildman–Crippen LogP) is 3.88. The molecule has 7 nitrogen and oxygen atoms in total. The molecule has 1 atom stereocenters. The van der Waals surface area contributed by atoms with Crippen molar-refractivity contribution in [2.75, 3.05) is 0 Å². The number of para-hydroxylation sites is 1. The number of rotatable bonds is 3. The van der Waals surface area contributed by atoms with Gasteiger partial charge < -0.3 is 9.84 Å². The number of aromatic nitrogens is 4. The Kier molecular flexibility index (Phi) is 4.10. The smallest absolute Gasteiger partial charge is 0.228 e. The third-order valence-electron chi connectivity index (χ3n) is 5.25. The Morgan fingerprint density at radius 2 is 1.83 bits per heavy atom. The number of hydrogen-bond donors (Lipinski definition) is 1. The fourth-order valence-electron chi connectivity index (χ4n) is 3.95. The highest BCUT2D eigenvalue weighted by Crippen LogP contribution is 2.44. The molecule has 30 heavy (non-hydrogen) atoms. The van der Waals surface area contributed by atoms with Crippen molar-refractivity contribution in [3.63, 3.8) is 0 Å². The molecule has 0 unspecified atom stereocenters. The molecule has 0 aliphatic carbocycles. The summed E-state index contributed by atoms with van der Waals surface area (Å²) in [5, 5.41) is 14.7. The van der Waals surface area contributed by atoms with Gasteiger partial charge in [-0.3, -0.25) is 4.79 Å². The Labute approximate surface area is 172 Å². The summed E-state index contributed by atoms with van der Waals surface area (Å²) in [4.78, 5) is 21.7. The number of phenolic OH excluding ortho intramolecular Hbond substituents is 1. The highest BCUT2D eigenvalue weighted by atomic mass is 16.5. The van der Waals surface area contributed by atoms with E-state index < -0.39 is 0 Å². The lowest BCUT2D eigenvalue weighted by atomic mass is 9.82. The minimum atomic E-state index is -0.384. The van der Waals surface area contributed by atoms with Crippen molar-refractivity contribution >= 4 is 11.4 Å². The Morgan fingerprint density at radius 3 is 2.57 bits per heavy atom. The zero-order valence-electron chi connectivity index (χ0n) is 16.4. The molecule has 5 rings (SSSR count). The van der Waals surface area contributed by atoms with Crippen LogP contribution in [0.25, 0.3) is 17.0 Å². The van der Waals surface area contributed by atoms with Crippen LogP contribution in [-0.2, 0) is 4.79 Å². The summed E-state index contributed by atoms with van der Waals surface area (Å²) in [6, 6.07) is 16.6. The van der Waals surface area contributed by atoms with Gasteiger partial charge in [0.1, 0.15) is 17.8 Å². The monoisotopic (exact) mass is 398 g/mol. The van der Waals surface area contributed by atoms with Crippen LogP contribution in [0, 0.1) is 0 Å². The van der Waals surface area contributed by atoms with E-state index in [1.165, 1.54) is 13.3 Å². The summed E-state index contributed by atoms with van der Waals surface area (Å²) in [6.07, 6.45) is 1.53. The van der Waals surface area contributed by atoms with Gasteiger partial charge in [0.2, 0.25) is 5.88 Å². The highest BCUT2D eigenvalue weighted by molar-refractivity contribution is 5.97. The molecule has 3 heterocycles. The third-order valence-corrected chi connectivity index (χ3v) is 5.25. The Morgan fingerprint density at radius 1 is 1.10 bits per heavy atom. The van der Waals surface area contributed by atoms with Crippen molar-refractivity contribution in [2.45, 2.75) is 19.8 Å². The van der Waals surface area contributed by atoms with Crippen molar-refractivity contribution in [3.8, 4) is 23.0 Å². The molecule has 0 radical (unpaired) electrons. The van der Waals surface area contributed by atoms with Gasteiger partial charge in [-0.15, -0.1) is 5.10 Å². The number of allylic oxidation sites excluding steroid dienone is 2. The van der Waals surface area contributed by atoms with Crippen LogP contribution in [-0.4, -0.2) is 30.5 Å². The topological polar surface area (TPSA) is 89.6 Å². The molecule has 0 saturated heterocycles. The number of aromatic hydroxyl groups is 1. The molecule has 0 amide bonds. The van der Waals surface area contributed by atoms with Crippen LogP contribution in [0.15, 0.2) is 72.3 Å². The van der Waals surface area contributed by atoms with E-state index in [0.29, 0.717) is 39.8 Å². The molecule has 2 aromatic heterocycles. The van der Waals surface area contributed by atoms with E-state index in [4.69, 9.17) is 4.74 Å². The number of hydrogen-bond acceptors (Lipinski definition) is 6. The number of Topliss-reactive ketones (excluding diaryl/α,β-unsaturated/α-hetero) is 1. The summed E-state index contributed by atoms with van der Waals surface area (Å²) >= 11 is 0. The van der Waals surface area contributed by atoms with Gasteiger partial charge in [-0.1, -0.05) is 42.5 Å². The van der Waals surface area contributed by atoms with Gasteiger partial charge in [-0.25, -0.2) is 14.5 Å². The Hall–Kier alpha value is -4.00. The van der Waals surface area contributed by atoms with Crippen molar-refractivity contribution in [1.29, 1.82) is 0 Å². The third kappa shape index (κ3) is 2.75. The zero-order valence-corrected chi connectivity index (χ0v) is 16.4. The fraction of sp³-hybridized carbons (Fsp3) is 0.130. The number of fused-ring (bicyclic) bond motifs is 3. The number of ketones is 1.